The SMILES string of the molecule is CCOc1cccc2cc(C(C)NCC3(CO)CCOCC3)oc12. The van der Waals surface area contributed by atoms with Gasteiger partial charge in [-0.05, 0) is 38.8 Å². The molecule has 1 aromatic heterocycles. The van der Waals surface area contributed by atoms with E-state index in [1.807, 2.05) is 25.1 Å². The highest BCUT2D eigenvalue weighted by Crippen LogP contribution is 2.33. The Hall–Kier alpha value is -1.56. The van der Waals surface area contributed by atoms with Crippen LogP contribution in [0, 0.1) is 5.41 Å². The van der Waals surface area contributed by atoms with E-state index >= 15 is 0 Å². The highest BCUT2D eigenvalue weighted by atomic mass is 16.5. The van der Waals surface area contributed by atoms with Gasteiger partial charge in [0.1, 0.15) is 5.76 Å². The molecule has 2 heterocycles. The molecule has 2 N–H and O–H groups in total. The lowest BCUT2D eigenvalue weighted by Crippen LogP contribution is -2.42. The highest BCUT2D eigenvalue weighted by molar-refractivity contribution is 5.83. The Morgan fingerprint density at radius 3 is 2.83 bits per heavy atom. The average Bonchev–Trinajstić information content (AvgIpc) is 3.06. The average molecular weight is 333 g/mol. The first-order chi connectivity index (χ1) is 11.7. The van der Waals surface area contributed by atoms with Gasteiger partial charge in [-0.2, -0.15) is 0 Å². The summed E-state index contributed by atoms with van der Waals surface area (Å²) in [6.07, 6.45) is 1.77. The Labute approximate surface area is 142 Å². The minimum Gasteiger partial charge on any atom is -0.490 e. The molecule has 0 spiro atoms. The van der Waals surface area contributed by atoms with Crippen molar-refractivity contribution in [2.75, 3.05) is 33.0 Å². The molecule has 1 saturated heterocycles. The maximum absolute atomic E-state index is 9.80. The number of hydrogen-bond acceptors (Lipinski definition) is 5. The first-order valence-corrected chi connectivity index (χ1v) is 8.75. The monoisotopic (exact) mass is 333 g/mol. The van der Waals surface area contributed by atoms with Gasteiger partial charge in [0.15, 0.2) is 11.3 Å². The van der Waals surface area contributed by atoms with Crippen molar-refractivity contribution in [2.45, 2.75) is 32.7 Å². The Kier molecular flexibility index (Phi) is 5.43. The molecular weight excluding hydrogens is 306 g/mol. The second-order valence-corrected chi connectivity index (χ2v) is 6.63. The molecule has 1 fully saturated rings. The van der Waals surface area contributed by atoms with Crippen molar-refractivity contribution in [3.8, 4) is 5.75 Å². The van der Waals surface area contributed by atoms with Crippen molar-refractivity contribution in [1.29, 1.82) is 0 Å². The zero-order valence-corrected chi connectivity index (χ0v) is 14.5. The van der Waals surface area contributed by atoms with Crippen LogP contribution in [0.2, 0.25) is 0 Å². The Morgan fingerprint density at radius 2 is 2.12 bits per heavy atom. The van der Waals surface area contributed by atoms with Gasteiger partial charge in [0.05, 0.1) is 19.3 Å². The van der Waals surface area contributed by atoms with Gasteiger partial charge in [0, 0.05) is 30.6 Å². The van der Waals surface area contributed by atoms with Gasteiger partial charge < -0.3 is 24.3 Å². The fourth-order valence-electron chi connectivity index (χ4n) is 3.20. The van der Waals surface area contributed by atoms with Gasteiger partial charge in [0.25, 0.3) is 0 Å². The number of aliphatic hydroxyl groups is 1. The summed E-state index contributed by atoms with van der Waals surface area (Å²) in [6.45, 7) is 7.05. The maximum atomic E-state index is 9.80. The van der Waals surface area contributed by atoms with Gasteiger partial charge in [-0.3, -0.25) is 0 Å². The third kappa shape index (κ3) is 3.58. The number of benzene rings is 1. The smallest absolute Gasteiger partial charge is 0.176 e. The van der Waals surface area contributed by atoms with E-state index in [2.05, 4.69) is 18.3 Å². The van der Waals surface area contributed by atoms with Crippen LogP contribution >= 0.6 is 0 Å². The summed E-state index contributed by atoms with van der Waals surface area (Å²) in [5, 5.41) is 14.4. The van der Waals surface area contributed by atoms with Gasteiger partial charge in [0.2, 0.25) is 0 Å². The summed E-state index contributed by atoms with van der Waals surface area (Å²) in [5.41, 5.74) is 0.709. The fourth-order valence-corrected chi connectivity index (χ4v) is 3.20. The van der Waals surface area contributed by atoms with Gasteiger partial charge in [-0.1, -0.05) is 12.1 Å². The summed E-state index contributed by atoms with van der Waals surface area (Å²) >= 11 is 0. The molecule has 2 aromatic rings. The van der Waals surface area contributed by atoms with Crippen LogP contribution in [-0.4, -0.2) is 38.1 Å². The molecule has 3 rings (SSSR count). The van der Waals surface area contributed by atoms with E-state index < -0.39 is 0 Å². The number of nitrogens with one attached hydrogen (secondary N) is 1. The molecule has 5 heteroatoms. The number of rotatable bonds is 7. The summed E-state index contributed by atoms with van der Waals surface area (Å²) in [4.78, 5) is 0. The molecule has 0 aliphatic carbocycles. The number of ether oxygens (including phenoxy) is 2. The molecule has 1 aromatic carbocycles. The fraction of sp³-hybridized carbons (Fsp3) is 0.579. The summed E-state index contributed by atoms with van der Waals surface area (Å²) < 4.78 is 17.1. The molecule has 0 bridgehead atoms. The third-order valence-electron chi connectivity index (χ3n) is 4.93. The molecule has 1 aliphatic heterocycles. The summed E-state index contributed by atoms with van der Waals surface area (Å²) in [6, 6.07) is 8.07. The van der Waals surface area contributed by atoms with Crippen LogP contribution in [-0.2, 0) is 4.74 Å². The summed E-state index contributed by atoms with van der Waals surface area (Å²) in [5.74, 6) is 1.67. The first kappa shape index (κ1) is 17.3. The predicted molar refractivity (Wildman–Crippen MR) is 93.4 cm³/mol. The zero-order valence-electron chi connectivity index (χ0n) is 14.5. The van der Waals surface area contributed by atoms with E-state index in [9.17, 15) is 5.11 Å². The number of hydrogen-bond donors (Lipinski definition) is 2. The Morgan fingerprint density at radius 1 is 1.33 bits per heavy atom. The number of para-hydroxylation sites is 1. The minimum absolute atomic E-state index is 0.0677. The van der Waals surface area contributed by atoms with Crippen molar-refractivity contribution in [2.24, 2.45) is 5.41 Å². The topological polar surface area (TPSA) is 63.9 Å². The quantitative estimate of drug-likeness (QED) is 0.814. The zero-order chi connectivity index (χ0) is 17.0. The lowest BCUT2D eigenvalue weighted by atomic mass is 9.81. The van der Waals surface area contributed by atoms with Gasteiger partial charge in [-0.15, -0.1) is 0 Å². The lowest BCUT2D eigenvalue weighted by molar-refractivity contribution is -0.0165. The van der Waals surface area contributed by atoms with E-state index in [0.717, 1.165) is 55.1 Å². The predicted octanol–water partition coefficient (Wildman–Crippen LogP) is 3.27. The third-order valence-corrected chi connectivity index (χ3v) is 4.93. The molecule has 1 aliphatic rings. The largest absolute Gasteiger partial charge is 0.490 e. The molecule has 1 atom stereocenters. The van der Waals surface area contributed by atoms with E-state index in [1.165, 1.54) is 0 Å². The molecule has 0 radical (unpaired) electrons. The van der Waals surface area contributed by atoms with E-state index in [1.54, 1.807) is 0 Å². The molecule has 5 nitrogen and oxygen atoms in total. The summed E-state index contributed by atoms with van der Waals surface area (Å²) in [7, 11) is 0. The Balaban J connectivity index is 1.71. The number of furan rings is 1. The molecule has 0 amide bonds. The molecule has 132 valence electrons. The van der Waals surface area contributed by atoms with Crippen LogP contribution in [0.15, 0.2) is 28.7 Å². The molecule has 0 saturated carbocycles. The molecule has 1 unspecified atom stereocenters. The lowest BCUT2D eigenvalue weighted by Gasteiger charge is -2.36. The van der Waals surface area contributed by atoms with Crippen molar-refractivity contribution in [3.63, 3.8) is 0 Å². The van der Waals surface area contributed by atoms with Gasteiger partial charge >= 0.3 is 0 Å². The van der Waals surface area contributed by atoms with Crippen LogP contribution < -0.4 is 10.1 Å². The van der Waals surface area contributed by atoms with Crippen LogP contribution in [0.5, 0.6) is 5.75 Å². The normalized spacial score (nSPS) is 18.6. The highest BCUT2D eigenvalue weighted by Gasteiger charge is 2.32. The number of fused-ring (bicyclic) bond motifs is 1. The second kappa shape index (κ2) is 7.55. The minimum atomic E-state index is -0.0883. The first-order valence-electron chi connectivity index (χ1n) is 8.75. The standard InChI is InChI=1S/C19H27NO4/c1-3-23-16-6-4-5-15-11-17(24-18(15)16)14(2)20-12-19(13-21)7-9-22-10-8-19/h4-6,11,14,20-21H,3,7-10,12-13H2,1-2H3. The van der Waals surface area contributed by atoms with Crippen LogP contribution in [0.4, 0.5) is 0 Å². The van der Waals surface area contributed by atoms with Crippen molar-refractivity contribution in [1.82, 2.24) is 5.32 Å². The van der Waals surface area contributed by atoms with Crippen molar-refractivity contribution in [3.05, 3.63) is 30.0 Å². The van der Waals surface area contributed by atoms with E-state index in [4.69, 9.17) is 13.9 Å². The van der Waals surface area contributed by atoms with Crippen LogP contribution in [0.25, 0.3) is 11.0 Å². The van der Waals surface area contributed by atoms with E-state index in [-0.39, 0.29) is 18.1 Å². The van der Waals surface area contributed by atoms with Gasteiger partial charge in [-0.25, -0.2) is 0 Å². The second-order valence-electron chi connectivity index (χ2n) is 6.63. The van der Waals surface area contributed by atoms with Crippen molar-refractivity contribution < 1.29 is 19.0 Å². The van der Waals surface area contributed by atoms with E-state index in [0.29, 0.717) is 6.61 Å². The van der Waals surface area contributed by atoms with Crippen LogP contribution in [0.3, 0.4) is 0 Å². The van der Waals surface area contributed by atoms with Crippen molar-refractivity contribution >= 4 is 11.0 Å². The Bertz CT molecular complexity index is 660. The molecular formula is C19H27NO4. The number of aliphatic hydroxyl groups excluding tert-OH is 1. The molecule has 24 heavy (non-hydrogen) atoms. The maximum Gasteiger partial charge on any atom is 0.176 e. The van der Waals surface area contributed by atoms with Crippen LogP contribution in [0.1, 0.15) is 38.5 Å².